The van der Waals surface area contributed by atoms with E-state index in [4.69, 9.17) is 28.9 Å². The molecule has 2 N–H and O–H groups in total. The molecule has 2 amide bonds. The molecule has 0 unspecified atom stereocenters. The Hall–Kier alpha value is -1.56. The Kier molecular flexibility index (Phi) is 4.62. The highest BCUT2D eigenvalue weighted by Crippen LogP contribution is 2.33. The smallest absolute Gasteiger partial charge is 0.263 e. The van der Waals surface area contributed by atoms with Gasteiger partial charge >= 0.3 is 0 Å². The fourth-order valence-electron chi connectivity index (χ4n) is 2.59. The van der Waals surface area contributed by atoms with E-state index in [1.54, 1.807) is 23.1 Å². The highest BCUT2D eigenvalue weighted by atomic mass is 35.5. The molecule has 7 heteroatoms. The number of carbonyl (C=O) groups is 2. The van der Waals surface area contributed by atoms with Crippen LogP contribution in [0.5, 0.6) is 0 Å². The second-order valence-corrected chi connectivity index (χ2v) is 7.33. The van der Waals surface area contributed by atoms with E-state index in [0.29, 0.717) is 34.4 Å². The maximum atomic E-state index is 12.5. The van der Waals surface area contributed by atoms with Gasteiger partial charge in [-0.25, -0.2) is 0 Å². The molecule has 1 aliphatic heterocycles. The molecular weight excluding hydrogens is 355 g/mol. The molecule has 1 aliphatic rings. The second-order valence-electron chi connectivity index (χ2n) is 5.43. The first kappa shape index (κ1) is 16.3. The standard InChI is InChI=1S/C16H14Cl2N2O2S/c17-11-2-1-9(7-12(11)18)13-3-4-14(23-13)16(22)20-6-5-10(8-20)15(19)21/h1-4,7,10H,5-6,8H2,(H2,19,21)/t10-/m0/s1. The Bertz CT molecular complexity index is 775. The summed E-state index contributed by atoms with van der Waals surface area (Å²) < 4.78 is 0. The van der Waals surface area contributed by atoms with Gasteiger partial charge in [-0.3, -0.25) is 9.59 Å². The van der Waals surface area contributed by atoms with Crippen LogP contribution in [0.4, 0.5) is 0 Å². The van der Waals surface area contributed by atoms with Crippen molar-refractivity contribution in [3.63, 3.8) is 0 Å². The van der Waals surface area contributed by atoms with Crippen LogP contribution in [0.2, 0.25) is 10.0 Å². The molecule has 0 bridgehead atoms. The monoisotopic (exact) mass is 368 g/mol. The summed E-state index contributed by atoms with van der Waals surface area (Å²) in [5.41, 5.74) is 6.22. The average molecular weight is 369 g/mol. The first-order chi connectivity index (χ1) is 11.0. The first-order valence-corrected chi connectivity index (χ1v) is 8.67. The van der Waals surface area contributed by atoms with Gasteiger partial charge in [0.1, 0.15) is 0 Å². The number of likely N-dealkylation sites (tertiary alicyclic amines) is 1. The molecule has 1 aromatic heterocycles. The lowest BCUT2D eigenvalue weighted by Gasteiger charge is -2.14. The maximum absolute atomic E-state index is 12.5. The van der Waals surface area contributed by atoms with Gasteiger partial charge in [0.05, 0.1) is 20.8 Å². The Morgan fingerprint density at radius 1 is 1.17 bits per heavy atom. The number of amides is 2. The second kappa shape index (κ2) is 6.51. The number of benzene rings is 1. The van der Waals surface area contributed by atoms with E-state index in [-0.39, 0.29) is 17.7 Å². The van der Waals surface area contributed by atoms with Crippen molar-refractivity contribution in [2.75, 3.05) is 13.1 Å². The molecule has 0 spiro atoms. The van der Waals surface area contributed by atoms with E-state index in [1.807, 2.05) is 12.1 Å². The van der Waals surface area contributed by atoms with Gasteiger partial charge in [-0.05, 0) is 36.2 Å². The molecule has 1 aromatic carbocycles. The summed E-state index contributed by atoms with van der Waals surface area (Å²) in [7, 11) is 0. The maximum Gasteiger partial charge on any atom is 0.263 e. The van der Waals surface area contributed by atoms with Gasteiger partial charge in [-0.2, -0.15) is 0 Å². The zero-order valence-electron chi connectivity index (χ0n) is 12.1. The Morgan fingerprint density at radius 2 is 1.96 bits per heavy atom. The van der Waals surface area contributed by atoms with Crippen LogP contribution in [0, 0.1) is 5.92 Å². The molecule has 2 aromatic rings. The molecule has 0 saturated carbocycles. The lowest BCUT2D eigenvalue weighted by atomic mass is 10.1. The van der Waals surface area contributed by atoms with Crippen molar-refractivity contribution in [3.8, 4) is 10.4 Å². The number of halogens is 2. The van der Waals surface area contributed by atoms with Gasteiger partial charge in [-0.1, -0.05) is 29.3 Å². The van der Waals surface area contributed by atoms with Crippen LogP contribution >= 0.6 is 34.5 Å². The third-order valence-electron chi connectivity index (χ3n) is 3.90. The van der Waals surface area contributed by atoms with Crippen molar-refractivity contribution in [2.45, 2.75) is 6.42 Å². The van der Waals surface area contributed by atoms with E-state index >= 15 is 0 Å². The van der Waals surface area contributed by atoms with Crippen molar-refractivity contribution in [1.82, 2.24) is 4.90 Å². The highest BCUT2D eigenvalue weighted by Gasteiger charge is 2.30. The summed E-state index contributed by atoms with van der Waals surface area (Å²) in [5, 5.41) is 0.979. The zero-order chi connectivity index (χ0) is 16.6. The molecule has 120 valence electrons. The summed E-state index contributed by atoms with van der Waals surface area (Å²) in [6, 6.07) is 9.07. The number of primary amides is 1. The quantitative estimate of drug-likeness (QED) is 0.897. The third kappa shape index (κ3) is 3.37. The van der Waals surface area contributed by atoms with Crippen LogP contribution in [0.15, 0.2) is 30.3 Å². The molecule has 2 heterocycles. The minimum atomic E-state index is -0.344. The first-order valence-electron chi connectivity index (χ1n) is 7.09. The Morgan fingerprint density at radius 3 is 2.61 bits per heavy atom. The normalized spacial score (nSPS) is 17.5. The third-order valence-corrected chi connectivity index (χ3v) is 5.76. The van der Waals surface area contributed by atoms with Crippen LogP contribution in [-0.4, -0.2) is 29.8 Å². The Balaban J connectivity index is 1.78. The highest BCUT2D eigenvalue weighted by molar-refractivity contribution is 7.17. The predicted octanol–water partition coefficient (Wildman–Crippen LogP) is 3.67. The number of nitrogens with two attached hydrogens (primary N) is 1. The van der Waals surface area contributed by atoms with Crippen molar-refractivity contribution >= 4 is 46.4 Å². The predicted molar refractivity (Wildman–Crippen MR) is 93.0 cm³/mol. The summed E-state index contributed by atoms with van der Waals surface area (Å²) in [5.74, 6) is -0.651. The Labute approximate surface area is 147 Å². The van der Waals surface area contributed by atoms with E-state index in [1.165, 1.54) is 11.3 Å². The number of hydrogen-bond acceptors (Lipinski definition) is 3. The largest absolute Gasteiger partial charge is 0.369 e. The lowest BCUT2D eigenvalue weighted by molar-refractivity contribution is -0.121. The summed E-state index contributed by atoms with van der Waals surface area (Å²) >= 11 is 13.4. The molecule has 23 heavy (non-hydrogen) atoms. The summed E-state index contributed by atoms with van der Waals surface area (Å²) in [4.78, 5) is 27.0. The van der Waals surface area contributed by atoms with Crippen molar-refractivity contribution < 1.29 is 9.59 Å². The van der Waals surface area contributed by atoms with Gasteiger partial charge in [0, 0.05) is 18.0 Å². The zero-order valence-corrected chi connectivity index (χ0v) is 14.4. The van der Waals surface area contributed by atoms with Crippen molar-refractivity contribution in [3.05, 3.63) is 45.3 Å². The number of thiophene rings is 1. The van der Waals surface area contributed by atoms with Crippen molar-refractivity contribution in [1.29, 1.82) is 0 Å². The van der Waals surface area contributed by atoms with Gasteiger partial charge < -0.3 is 10.6 Å². The van der Waals surface area contributed by atoms with Gasteiger partial charge in [-0.15, -0.1) is 11.3 Å². The molecule has 0 radical (unpaired) electrons. The minimum Gasteiger partial charge on any atom is -0.369 e. The van der Waals surface area contributed by atoms with Crippen LogP contribution in [0.3, 0.4) is 0 Å². The van der Waals surface area contributed by atoms with Gasteiger partial charge in [0.15, 0.2) is 0 Å². The topological polar surface area (TPSA) is 63.4 Å². The summed E-state index contributed by atoms with van der Waals surface area (Å²) in [6.07, 6.45) is 0.631. The number of nitrogens with zero attached hydrogens (tertiary/aromatic N) is 1. The van der Waals surface area contributed by atoms with Crippen molar-refractivity contribution in [2.24, 2.45) is 11.7 Å². The molecule has 0 aliphatic carbocycles. The molecule has 3 rings (SSSR count). The van der Waals surface area contributed by atoms with Crippen LogP contribution < -0.4 is 5.73 Å². The van der Waals surface area contributed by atoms with Gasteiger partial charge in [0.2, 0.25) is 5.91 Å². The van der Waals surface area contributed by atoms with Crippen LogP contribution in [0.25, 0.3) is 10.4 Å². The van der Waals surface area contributed by atoms with E-state index in [9.17, 15) is 9.59 Å². The average Bonchev–Trinajstić information content (AvgIpc) is 3.18. The van der Waals surface area contributed by atoms with E-state index in [0.717, 1.165) is 10.4 Å². The minimum absolute atomic E-state index is 0.0648. The molecular formula is C16H14Cl2N2O2S. The molecule has 1 saturated heterocycles. The SMILES string of the molecule is NC(=O)[C@H]1CCN(C(=O)c2ccc(-c3ccc(Cl)c(Cl)c3)s2)C1. The van der Waals surface area contributed by atoms with Gasteiger partial charge in [0.25, 0.3) is 5.91 Å². The van der Waals surface area contributed by atoms with Crippen LogP contribution in [0.1, 0.15) is 16.1 Å². The fourth-order valence-corrected chi connectivity index (χ4v) is 3.86. The van der Waals surface area contributed by atoms with E-state index in [2.05, 4.69) is 0 Å². The molecule has 1 fully saturated rings. The lowest BCUT2D eigenvalue weighted by Crippen LogP contribution is -2.31. The van der Waals surface area contributed by atoms with E-state index < -0.39 is 0 Å². The molecule has 4 nitrogen and oxygen atoms in total. The number of carbonyl (C=O) groups excluding carboxylic acids is 2. The summed E-state index contributed by atoms with van der Waals surface area (Å²) in [6.45, 7) is 0.959. The number of hydrogen-bond donors (Lipinski definition) is 1. The fraction of sp³-hybridized carbons (Fsp3) is 0.250. The number of rotatable bonds is 3. The molecule has 1 atom stereocenters. The van der Waals surface area contributed by atoms with Crippen LogP contribution in [-0.2, 0) is 4.79 Å².